The second-order valence-electron chi connectivity index (χ2n) is 5.71. The van der Waals surface area contributed by atoms with Crippen molar-refractivity contribution in [2.45, 2.75) is 32.4 Å². The maximum absolute atomic E-state index is 6.35. The average Bonchev–Trinajstić information content (AvgIpc) is 2.49. The van der Waals surface area contributed by atoms with E-state index in [1.165, 1.54) is 16.7 Å². The van der Waals surface area contributed by atoms with E-state index in [4.69, 9.17) is 15.2 Å². The molecule has 0 radical (unpaired) electrons. The van der Waals surface area contributed by atoms with Crippen molar-refractivity contribution in [3.63, 3.8) is 0 Å². The summed E-state index contributed by atoms with van der Waals surface area (Å²) in [6, 6.07) is 12.3. The van der Waals surface area contributed by atoms with Crippen LogP contribution in [0, 0.1) is 13.8 Å². The molecule has 0 saturated carbocycles. The van der Waals surface area contributed by atoms with Crippen LogP contribution in [0.4, 0.5) is 0 Å². The zero-order valence-corrected chi connectivity index (χ0v) is 12.7. The van der Waals surface area contributed by atoms with Gasteiger partial charge in [0.15, 0.2) is 0 Å². The van der Waals surface area contributed by atoms with Crippen LogP contribution < -0.4 is 15.2 Å². The van der Waals surface area contributed by atoms with Crippen LogP contribution >= 0.6 is 0 Å². The summed E-state index contributed by atoms with van der Waals surface area (Å²) in [4.78, 5) is 0. The van der Waals surface area contributed by atoms with Gasteiger partial charge in [0.2, 0.25) is 0 Å². The minimum atomic E-state index is -0.0336. The van der Waals surface area contributed by atoms with Gasteiger partial charge in [-0.05, 0) is 43.2 Å². The Labute approximate surface area is 125 Å². The number of ether oxygens (including phenoxy) is 2. The molecule has 0 fully saturated rings. The number of hydrogen-bond donors (Lipinski definition) is 1. The molecule has 0 bridgehead atoms. The lowest BCUT2D eigenvalue weighted by Crippen LogP contribution is -2.24. The molecule has 3 heteroatoms. The van der Waals surface area contributed by atoms with Gasteiger partial charge in [0.1, 0.15) is 17.6 Å². The maximum atomic E-state index is 6.35. The predicted octanol–water partition coefficient (Wildman–Crippen LogP) is 3.84. The van der Waals surface area contributed by atoms with Crippen molar-refractivity contribution in [3.8, 4) is 11.5 Å². The third-order valence-corrected chi connectivity index (χ3v) is 4.14. The van der Waals surface area contributed by atoms with E-state index >= 15 is 0 Å². The first kappa shape index (κ1) is 14.0. The number of fused-ring (bicyclic) bond motifs is 1. The van der Waals surface area contributed by atoms with Crippen LogP contribution in [0.5, 0.6) is 11.5 Å². The molecule has 2 atom stereocenters. The fourth-order valence-electron chi connectivity index (χ4n) is 2.91. The van der Waals surface area contributed by atoms with Gasteiger partial charge in [-0.1, -0.05) is 23.8 Å². The van der Waals surface area contributed by atoms with E-state index < -0.39 is 0 Å². The van der Waals surface area contributed by atoms with Crippen molar-refractivity contribution in [2.75, 3.05) is 7.11 Å². The van der Waals surface area contributed by atoms with Gasteiger partial charge in [0, 0.05) is 18.0 Å². The minimum absolute atomic E-state index is 0.0146. The molecule has 2 aromatic carbocycles. The minimum Gasteiger partial charge on any atom is -0.497 e. The van der Waals surface area contributed by atoms with Crippen molar-refractivity contribution in [1.82, 2.24) is 0 Å². The number of hydrogen-bond acceptors (Lipinski definition) is 3. The Bertz CT molecular complexity index is 666. The smallest absolute Gasteiger partial charge is 0.126 e. The number of benzene rings is 2. The van der Waals surface area contributed by atoms with Crippen molar-refractivity contribution >= 4 is 0 Å². The topological polar surface area (TPSA) is 44.5 Å². The summed E-state index contributed by atoms with van der Waals surface area (Å²) in [6.07, 6.45) is 0.797. The van der Waals surface area contributed by atoms with Crippen LogP contribution in [0.25, 0.3) is 0 Å². The molecule has 0 aromatic heterocycles. The summed E-state index contributed by atoms with van der Waals surface area (Å²) < 4.78 is 11.5. The van der Waals surface area contributed by atoms with Crippen molar-refractivity contribution in [3.05, 3.63) is 58.7 Å². The van der Waals surface area contributed by atoms with E-state index in [1.807, 2.05) is 18.2 Å². The van der Waals surface area contributed by atoms with E-state index in [0.717, 1.165) is 23.5 Å². The molecule has 0 saturated heterocycles. The first-order valence-corrected chi connectivity index (χ1v) is 7.26. The van der Waals surface area contributed by atoms with Gasteiger partial charge in [-0.3, -0.25) is 0 Å². The molecule has 0 amide bonds. The Morgan fingerprint density at radius 1 is 1.10 bits per heavy atom. The Morgan fingerprint density at radius 2 is 1.90 bits per heavy atom. The molecular formula is C18H21NO2. The average molecular weight is 283 g/mol. The molecule has 1 unspecified atom stereocenters. The highest BCUT2D eigenvalue weighted by Gasteiger charge is 2.28. The highest BCUT2D eigenvalue weighted by molar-refractivity contribution is 5.45. The zero-order valence-electron chi connectivity index (χ0n) is 12.7. The van der Waals surface area contributed by atoms with Crippen LogP contribution in [-0.2, 0) is 0 Å². The van der Waals surface area contributed by atoms with E-state index in [1.54, 1.807) is 7.11 Å². The van der Waals surface area contributed by atoms with Gasteiger partial charge < -0.3 is 15.2 Å². The monoisotopic (exact) mass is 283 g/mol. The van der Waals surface area contributed by atoms with Crippen LogP contribution in [0.1, 0.15) is 40.8 Å². The summed E-state index contributed by atoms with van der Waals surface area (Å²) in [5, 5.41) is 0. The summed E-state index contributed by atoms with van der Waals surface area (Å²) in [6.45, 7) is 4.22. The van der Waals surface area contributed by atoms with E-state index in [-0.39, 0.29) is 12.1 Å². The summed E-state index contributed by atoms with van der Waals surface area (Å²) in [5.41, 5.74) is 11.1. The third-order valence-electron chi connectivity index (χ3n) is 4.14. The molecule has 110 valence electrons. The van der Waals surface area contributed by atoms with Gasteiger partial charge in [0.05, 0.1) is 7.11 Å². The highest BCUT2D eigenvalue weighted by atomic mass is 16.5. The van der Waals surface area contributed by atoms with Crippen LogP contribution in [0.2, 0.25) is 0 Å². The molecule has 0 spiro atoms. The molecule has 1 heterocycles. The molecule has 0 aliphatic carbocycles. The Hall–Kier alpha value is -2.00. The van der Waals surface area contributed by atoms with Crippen LogP contribution in [0.15, 0.2) is 36.4 Å². The Balaban J connectivity index is 1.96. The summed E-state index contributed by atoms with van der Waals surface area (Å²) in [5.74, 6) is 1.68. The Kier molecular flexibility index (Phi) is 3.60. The molecular weight excluding hydrogens is 262 g/mol. The van der Waals surface area contributed by atoms with Gasteiger partial charge in [0.25, 0.3) is 0 Å². The lowest BCUT2D eigenvalue weighted by atomic mass is 9.91. The molecule has 21 heavy (non-hydrogen) atoms. The van der Waals surface area contributed by atoms with Crippen LogP contribution in [-0.4, -0.2) is 7.11 Å². The number of nitrogens with two attached hydrogens (primary N) is 1. The van der Waals surface area contributed by atoms with E-state index in [9.17, 15) is 0 Å². The van der Waals surface area contributed by atoms with Crippen LogP contribution in [0.3, 0.4) is 0 Å². The standard InChI is InChI=1S/C18H21NO2/c1-11-4-5-12(2)14(8-11)18-10-16(19)15-9-13(20-3)6-7-17(15)21-18/h4-9,16,18H,10,19H2,1-3H3/t16-,18?/m1/s1. The van der Waals surface area contributed by atoms with Crippen molar-refractivity contribution in [2.24, 2.45) is 5.73 Å². The summed E-state index contributed by atoms with van der Waals surface area (Å²) in [7, 11) is 1.66. The van der Waals surface area contributed by atoms with Crippen molar-refractivity contribution in [1.29, 1.82) is 0 Å². The molecule has 2 aromatic rings. The van der Waals surface area contributed by atoms with Gasteiger partial charge in [-0.25, -0.2) is 0 Å². The second kappa shape index (κ2) is 5.41. The van der Waals surface area contributed by atoms with Gasteiger partial charge >= 0.3 is 0 Å². The third kappa shape index (κ3) is 2.61. The van der Waals surface area contributed by atoms with Gasteiger partial charge in [-0.2, -0.15) is 0 Å². The lowest BCUT2D eigenvalue weighted by molar-refractivity contribution is 0.160. The largest absolute Gasteiger partial charge is 0.497 e. The summed E-state index contributed by atoms with van der Waals surface area (Å²) >= 11 is 0. The molecule has 3 nitrogen and oxygen atoms in total. The molecule has 3 rings (SSSR count). The number of aryl methyl sites for hydroxylation is 2. The van der Waals surface area contributed by atoms with E-state index in [0.29, 0.717) is 0 Å². The fraction of sp³-hybridized carbons (Fsp3) is 0.333. The Morgan fingerprint density at radius 3 is 2.67 bits per heavy atom. The van der Waals surface area contributed by atoms with Gasteiger partial charge in [-0.15, -0.1) is 0 Å². The lowest BCUT2D eigenvalue weighted by Gasteiger charge is -2.31. The molecule has 2 N–H and O–H groups in total. The maximum Gasteiger partial charge on any atom is 0.126 e. The number of rotatable bonds is 2. The first-order valence-electron chi connectivity index (χ1n) is 7.26. The SMILES string of the molecule is COc1ccc2c(c1)[C@H](N)CC(c1cc(C)ccc1C)O2. The quantitative estimate of drug-likeness (QED) is 0.911. The normalized spacial score (nSPS) is 20.6. The van der Waals surface area contributed by atoms with E-state index in [2.05, 4.69) is 32.0 Å². The number of methoxy groups -OCH3 is 1. The van der Waals surface area contributed by atoms with Crippen molar-refractivity contribution < 1.29 is 9.47 Å². The second-order valence-corrected chi connectivity index (χ2v) is 5.71. The molecule has 1 aliphatic heterocycles. The fourth-order valence-corrected chi connectivity index (χ4v) is 2.91. The highest BCUT2D eigenvalue weighted by Crippen LogP contribution is 2.41. The predicted molar refractivity (Wildman–Crippen MR) is 83.8 cm³/mol. The first-order chi connectivity index (χ1) is 10.1. The zero-order chi connectivity index (χ0) is 15.0. The molecule has 1 aliphatic rings.